The Labute approximate surface area is 160 Å². The highest BCUT2D eigenvalue weighted by atomic mass is 35.5. The molecule has 142 valence electrons. The predicted octanol–water partition coefficient (Wildman–Crippen LogP) is 3.64. The van der Waals surface area contributed by atoms with E-state index < -0.39 is 10.0 Å². The third-order valence-electron chi connectivity index (χ3n) is 4.81. The van der Waals surface area contributed by atoms with Crippen LogP contribution >= 0.6 is 11.6 Å². The van der Waals surface area contributed by atoms with E-state index >= 15 is 0 Å². The fourth-order valence-corrected chi connectivity index (χ4v) is 5.27. The Hall–Kier alpha value is -1.34. The van der Waals surface area contributed by atoms with Crippen molar-refractivity contribution >= 4 is 21.6 Å². The number of allylic oxidation sites excluding steroid dienone is 2. The van der Waals surface area contributed by atoms with Gasteiger partial charge in [0.2, 0.25) is 0 Å². The van der Waals surface area contributed by atoms with E-state index in [0.29, 0.717) is 24.7 Å². The van der Waals surface area contributed by atoms with E-state index in [1.165, 1.54) is 4.31 Å². The van der Waals surface area contributed by atoms with Crippen molar-refractivity contribution in [3.8, 4) is 0 Å². The van der Waals surface area contributed by atoms with Gasteiger partial charge in [0, 0.05) is 31.0 Å². The molecule has 0 radical (unpaired) electrons. The third-order valence-corrected chi connectivity index (χ3v) is 6.90. The standard InChI is InChI=1S/C19H25ClN2O3S/c1-3-25-12-6-11-21-19-15-7-4-5-8-17(15)22(2)26(23,24)18-13-14(20)9-10-16(18)19/h4,7,9-10,13,19,21H,3,5-6,8,11-12H2,1-2H3. The second-order valence-electron chi connectivity index (χ2n) is 6.44. The average molecular weight is 397 g/mol. The van der Waals surface area contributed by atoms with Crippen molar-refractivity contribution in [2.75, 3.05) is 26.8 Å². The normalized spacial score (nSPS) is 21.3. The molecule has 1 aromatic rings. The van der Waals surface area contributed by atoms with Crippen LogP contribution < -0.4 is 5.32 Å². The maximum absolute atomic E-state index is 13.2. The van der Waals surface area contributed by atoms with E-state index in [1.54, 1.807) is 19.2 Å². The molecule has 26 heavy (non-hydrogen) atoms. The van der Waals surface area contributed by atoms with Crippen molar-refractivity contribution in [3.05, 3.63) is 52.2 Å². The summed E-state index contributed by atoms with van der Waals surface area (Å²) in [5.41, 5.74) is 2.61. The van der Waals surface area contributed by atoms with Gasteiger partial charge in [0.1, 0.15) is 0 Å². The number of benzene rings is 1. The molecule has 0 aromatic heterocycles. The van der Waals surface area contributed by atoms with Gasteiger partial charge >= 0.3 is 0 Å². The topological polar surface area (TPSA) is 58.6 Å². The van der Waals surface area contributed by atoms with Crippen molar-refractivity contribution in [2.24, 2.45) is 0 Å². The number of hydrogen-bond donors (Lipinski definition) is 1. The molecule has 1 aromatic carbocycles. The smallest absolute Gasteiger partial charge is 0.264 e. The molecule has 1 heterocycles. The van der Waals surface area contributed by atoms with E-state index in [2.05, 4.69) is 17.5 Å². The lowest BCUT2D eigenvalue weighted by molar-refractivity contribution is 0.144. The van der Waals surface area contributed by atoms with Crippen molar-refractivity contribution in [3.63, 3.8) is 0 Å². The van der Waals surface area contributed by atoms with E-state index in [9.17, 15) is 8.42 Å². The minimum atomic E-state index is -3.63. The Morgan fingerprint density at radius 1 is 1.38 bits per heavy atom. The summed E-state index contributed by atoms with van der Waals surface area (Å²) in [5, 5.41) is 3.95. The summed E-state index contributed by atoms with van der Waals surface area (Å²) in [6.07, 6.45) is 6.57. The van der Waals surface area contributed by atoms with E-state index in [0.717, 1.165) is 36.2 Å². The molecule has 0 saturated heterocycles. The zero-order chi connectivity index (χ0) is 18.7. The molecular formula is C19H25ClN2O3S. The summed E-state index contributed by atoms with van der Waals surface area (Å²) in [6.45, 7) is 4.10. The molecule has 1 aliphatic carbocycles. The SMILES string of the molecule is CCOCCCNC1C2=C(CCC=C2)N(C)S(=O)(=O)c2cc(Cl)ccc21. The molecule has 3 rings (SSSR count). The fraction of sp³-hybridized carbons (Fsp3) is 0.474. The van der Waals surface area contributed by atoms with Gasteiger partial charge in [0.25, 0.3) is 10.0 Å². The number of sulfonamides is 1. The quantitative estimate of drug-likeness (QED) is 0.746. The van der Waals surface area contributed by atoms with Gasteiger partial charge in [-0.1, -0.05) is 29.8 Å². The van der Waals surface area contributed by atoms with Gasteiger partial charge in [-0.15, -0.1) is 0 Å². The van der Waals surface area contributed by atoms with Crippen LogP contribution in [0.2, 0.25) is 5.02 Å². The van der Waals surface area contributed by atoms with E-state index in [-0.39, 0.29) is 10.9 Å². The number of hydrogen-bond acceptors (Lipinski definition) is 4. The molecule has 0 amide bonds. The van der Waals surface area contributed by atoms with Crippen LogP contribution in [-0.2, 0) is 14.8 Å². The fourth-order valence-electron chi connectivity index (χ4n) is 3.49. The second-order valence-corrected chi connectivity index (χ2v) is 8.81. The summed E-state index contributed by atoms with van der Waals surface area (Å²) in [5.74, 6) is 0. The number of nitrogens with one attached hydrogen (secondary N) is 1. The van der Waals surface area contributed by atoms with Crippen LogP contribution in [0.5, 0.6) is 0 Å². The highest BCUT2D eigenvalue weighted by molar-refractivity contribution is 7.89. The summed E-state index contributed by atoms with van der Waals surface area (Å²) in [6, 6.07) is 4.94. The minimum absolute atomic E-state index is 0.185. The Kier molecular flexibility index (Phi) is 6.07. The zero-order valence-electron chi connectivity index (χ0n) is 15.2. The Balaban J connectivity index is 2.03. The monoisotopic (exact) mass is 396 g/mol. The van der Waals surface area contributed by atoms with E-state index in [1.807, 2.05) is 13.0 Å². The average Bonchev–Trinajstić information content (AvgIpc) is 2.70. The highest BCUT2D eigenvalue weighted by Gasteiger charge is 2.36. The van der Waals surface area contributed by atoms with Crippen molar-refractivity contribution in [1.29, 1.82) is 0 Å². The predicted molar refractivity (Wildman–Crippen MR) is 104 cm³/mol. The molecule has 5 nitrogen and oxygen atoms in total. The number of ether oxygens (including phenoxy) is 1. The van der Waals surface area contributed by atoms with Gasteiger partial charge in [-0.25, -0.2) is 8.42 Å². The van der Waals surface area contributed by atoms with Crippen LogP contribution in [0.4, 0.5) is 0 Å². The maximum atomic E-state index is 13.2. The van der Waals surface area contributed by atoms with Crippen molar-refractivity contribution < 1.29 is 13.2 Å². The molecule has 2 aliphatic rings. The molecular weight excluding hydrogens is 372 g/mol. The van der Waals surface area contributed by atoms with Gasteiger partial charge in [-0.3, -0.25) is 4.31 Å². The van der Waals surface area contributed by atoms with Gasteiger partial charge in [0.05, 0.1) is 10.9 Å². The van der Waals surface area contributed by atoms with Gasteiger partial charge in [0.15, 0.2) is 0 Å². The molecule has 1 unspecified atom stereocenters. The number of fused-ring (bicyclic) bond motifs is 1. The molecule has 1 N–H and O–H groups in total. The lowest BCUT2D eigenvalue weighted by Gasteiger charge is -2.26. The molecule has 0 fully saturated rings. The minimum Gasteiger partial charge on any atom is -0.382 e. The van der Waals surface area contributed by atoms with Crippen LogP contribution in [0.1, 0.15) is 37.8 Å². The first kappa shape index (κ1) is 19.4. The molecule has 0 spiro atoms. The largest absolute Gasteiger partial charge is 0.382 e. The molecule has 0 saturated carbocycles. The van der Waals surface area contributed by atoms with Gasteiger partial charge in [-0.2, -0.15) is 0 Å². The van der Waals surface area contributed by atoms with E-state index in [4.69, 9.17) is 16.3 Å². The third kappa shape index (κ3) is 3.69. The van der Waals surface area contributed by atoms with Crippen LogP contribution in [0.3, 0.4) is 0 Å². The van der Waals surface area contributed by atoms with Gasteiger partial charge < -0.3 is 10.1 Å². The molecule has 1 aliphatic heterocycles. The summed E-state index contributed by atoms with van der Waals surface area (Å²) in [4.78, 5) is 0.276. The van der Waals surface area contributed by atoms with Crippen molar-refractivity contribution in [1.82, 2.24) is 9.62 Å². The number of rotatable bonds is 6. The Morgan fingerprint density at radius 2 is 2.19 bits per heavy atom. The van der Waals surface area contributed by atoms with Crippen LogP contribution in [-0.4, -0.2) is 39.5 Å². The molecule has 7 heteroatoms. The first-order valence-corrected chi connectivity index (χ1v) is 10.8. The Bertz CT molecular complexity index is 833. The zero-order valence-corrected chi connectivity index (χ0v) is 16.7. The second kappa shape index (κ2) is 8.13. The number of nitrogens with zero attached hydrogens (tertiary/aromatic N) is 1. The van der Waals surface area contributed by atoms with Crippen LogP contribution in [0.25, 0.3) is 0 Å². The first-order chi connectivity index (χ1) is 12.5. The summed E-state index contributed by atoms with van der Waals surface area (Å²) in [7, 11) is -2.00. The van der Waals surface area contributed by atoms with Crippen molar-refractivity contribution in [2.45, 2.75) is 37.1 Å². The molecule has 0 bridgehead atoms. The van der Waals surface area contributed by atoms with Crippen LogP contribution in [0, 0.1) is 0 Å². The molecule has 1 atom stereocenters. The maximum Gasteiger partial charge on any atom is 0.264 e. The number of halogens is 1. The lowest BCUT2D eigenvalue weighted by Crippen LogP contribution is -2.27. The first-order valence-electron chi connectivity index (χ1n) is 8.96. The lowest BCUT2D eigenvalue weighted by atomic mass is 9.92. The van der Waals surface area contributed by atoms with Crippen LogP contribution in [0.15, 0.2) is 46.5 Å². The highest BCUT2D eigenvalue weighted by Crippen LogP contribution is 2.41. The summed E-state index contributed by atoms with van der Waals surface area (Å²) >= 11 is 6.12. The summed E-state index contributed by atoms with van der Waals surface area (Å²) < 4.78 is 33.1. The van der Waals surface area contributed by atoms with Gasteiger partial charge in [-0.05, 0) is 56.0 Å². The Morgan fingerprint density at radius 3 is 2.96 bits per heavy atom.